The number of nitrogens with zero attached hydrogens (tertiary/aromatic N) is 2. The van der Waals surface area contributed by atoms with Crippen molar-refractivity contribution in [2.24, 2.45) is 0 Å². The third-order valence-electron chi connectivity index (χ3n) is 2.23. The minimum Gasteiger partial charge on any atom is -0.407 e. The summed E-state index contributed by atoms with van der Waals surface area (Å²) in [4.78, 5) is 23.3. The van der Waals surface area contributed by atoms with Gasteiger partial charge >= 0.3 is 6.01 Å². The zero-order chi connectivity index (χ0) is 15.1. The van der Waals surface area contributed by atoms with Gasteiger partial charge in [0.1, 0.15) is 0 Å². The van der Waals surface area contributed by atoms with Crippen LogP contribution in [-0.2, 0) is 15.3 Å². The van der Waals surface area contributed by atoms with Gasteiger partial charge in [-0.2, -0.15) is 0 Å². The molecule has 8 heteroatoms. The summed E-state index contributed by atoms with van der Waals surface area (Å²) in [5.41, 5.74) is 0. The maximum Gasteiger partial charge on any atom is 0.322 e. The van der Waals surface area contributed by atoms with Gasteiger partial charge in [-0.05, 0) is 12.1 Å². The van der Waals surface area contributed by atoms with E-state index in [1.54, 1.807) is 11.8 Å². The van der Waals surface area contributed by atoms with Crippen molar-refractivity contribution in [3.8, 4) is 0 Å². The highest BCUT2D eigenvalue weighted by Crippen LogP contribution is 2.22. The molecule has 0 spiro atoms. The number of amides is 1. The molecule has 110 valence electrons. The number of aromatic nitrogens is 2. The second-order valence-corrected chi connectivity index (χ2v) is 6.13. The lowest BCUT2D eigenvalue weighted by Gasteiger charge is -1.98. The molecule has 0 bridgehead atoms. The highest BCUT2D eigenvalue weighted by atomic mass is 32.2. The van der Waals surface area contributed by atoms with Gasteiger partial charge in [0.15, 0.2) is 5.12 Å². The molecule has 2 rings (SSSR count). The number of rotatable bonds is 6. The number of hydrogen-bond donors (Lipinski definition) is 1. The molecule has 1 amide bonds. The highest BCUT2D eigenvalue weighted by molar-refractivity contribution is 8.14. The maximum absolute atomic E-state index is 11.5. The van der Waals surface area contributed by atoms with Gasteiger partial charge in [-0.25, -0.2) is 0 Å². The molecule has 0 atom stereocenters. The third-order valence-corrected chi connectivity index (χ3v) is 4.04. The van der Waals surface area contributed by atoms with Crippen LogP contribution in [0.1, 0.15) is 12.8 Å². The van der Waals surface area contributed by atoms with Crippen LogP contribution in [0.5, 0.6) is 0 Å². The lowest BCUT2D eigenvalue weighted by molar-refractivity contribution is -0.114. The van der Waals surface area contributed by atoms with Crippen LogP contribution in [0.25, 0.3) is 0 Å². The van der Waals surface area contributed by atoms with Gasteiger partial charge in [-0.1, -0.05) is 35.1 Å². The van der Waals surface area contributed by atoms with Crippen LogP contribution >= 0.6 is 23.5 Å². The minimum absolute atomic E-state index is 0.0335. The Hall–Kier alpha value is -1.80. The van der Waals surface area contributed by atoms with Crippen LogP contribution in [0, 0.1) is 0 Å². The molecule has 0 radical (unpaired) electrons. The zero-order valence-electron chi connectivity index (χ0n) is 11.2. The van der Waals surface area contributed by atoms with E-state index in [1.807, 2.05) is 30.3 Å². The summed E-state index contributed by atoms with van der Waals surface area (Å²) in [5.74, 6) is 0.639. The Labute approximate surface area is 130 Å². The molecule has 0 unspecified atom stereocenters. The van der Waals surface area contributed by atoms with Crippen molar-refractivity contribution < 1.29 is 14.0 Å². The van der Waals surface area contributed by atoms with Crippen LogP contribution in [0.4, 0.5) is 6.01 Å². The maximum atomic E-state index is 11.5. The standard InChI is InChI=1S/C13H13N3O3S2/c1-9(17)20-7-11(18)14-13-16-15-12(19-13)8-21-10-5-3-2-4-6-10/h2-6H,7-8H2,1H3,(H,14,16,18). The van der Waals surface area contributed by atoms with E-state index in [0.29, 0.717) is 11.6 Å². The van der Waals surface area contributed by atoms with Crippen molar-refractivity contribution in [1.29, 1.82) is 0 Å². The average Bonchev–Trinajstić information content (AvgIpc) is 2.91. The van der Waals surface area contributed by atoms with E-state index >= 15 is 0 Å². The lowest BCUT2D eigenvalue weighted by atomic mass is 10.4. The number of nitrogens with one attached hydrogen (secondary N) is 1. The normalized spacial score (nSPS) is 10.3. The summed E-state index contributed by atoms with van der Waals surface area (Å²) in [6.45, 7) is 1.41. The first-order valence-electron chi connectivity index (χ1n) is 6.07. The van der Waals surface area contributed by atoms with Crippen LogP contribution in [0.3, 0.4) is 0 Å². The average molecular weight is 323 g/mol. The summed E-state index contributed by atoms with van der Waals surface area (Å²) < 4.78 is 5.31. The van der Waals surface area contributed by atoms with E-state index in [-0.39, 0.29) is 22.8 Å². The summed E-state index contributed by atoms with van der Waals surface area (Å²) in [7, 11) is 0. The zero-order valence-corrected chi connectivity index (χ0v) is 12.9. The summed E-state index contributed by atoms with van der Waals surface area (Å²) in [5, 5.41) is 9.93. The number of anilines is 1. The van der Waals surface area contributed by atoms with E-state index in [9.17, 15) is 9.59 Å². The van der Waals surface area contributed by atoms with Crippen molar-refractivity contribution >= 4 is 40.6 Å². The Bertz CT molecular complexity index is 616. The van der Waals surface area contributed by atoms with Gasteiger partial charge in [0.2, 0.25) is 11.8 Å². The molecule has 0 aliphatic rings. The molecule has 0 aliphatic carbocycles. The largest absolute Gasteiger partial charge is 0.407 e. The minimum atomic E-state index is -0.346. The molecule has 1 aromatic carbocycles. The summed E-state index contributed by atoms with van der Waals surface area (Å²) in [6, 6.07) is 9.88. The van der Waals surface area contributed by atoms with Crippen molar-refractivity contribution in [3.05, 3.63) is 36.2 Å². The lowest BCUT2D eigenvalue weighted by Crippen LogP contribution is -2.15. The molecule has 2 aromatic rings. The Morgan fingerprint density at radius 2 is 2.00 bits per heavy atom. The first kappa shape index (κ1) is 15.6. The van der Waals surface area contributed by atoms with Crippen LogP contribution < -0.4 is 5.32 Å². The fourth-order valence-corrected chi connectivity index (χ4v) is 2.51. The van der Waals surface area contributed by atoms with E-state index in [1.165, 1.54) is 6.92 Å². The van der Waals surface area contributed by atoms with Gasteiger partial charge in [0.05, 0.1) is 11.5 Å². The molecular weight excluding hydrogens is 310 g/mol. The predicted molar refractivity (Wildman–Crippen MR) is 82.1 cm³/mol. The van der Waals surface area contributed by atoms with Crippen LogP contribution in [-0.4, -0.2) is 27.0 Å². The fraction of sp³-hybridized carbons (Fsp3) is 0.231. The molecule has 0 aliphatic heterocycles. The van der Waals surface area contributed by atoms with Crippen molar-refractivity contribution in [2.75, 3.05) is 11.1 Å². The second kappa shape index (κ2) is 7.84. The fourth-order valence-electron chi connectivity index (χ4n) is 1.35. The predicted octanol–water partition coefficient (Wildman–Crippen LogP) is 2.58. The molecule has 1 N–H and O–H groups in total. The van der Waals surface area contributed by atoms with E-state index in [2.05, 4.69) is 15.5 Å². The summed E-state index contributed by atoms with van der Waals surface area (Å²) >= 11 is 2.49. The van der Waals surface area contributed by atoms with Crippen LogP contribution in [0.15, 0.2) is 39.6 Å². The van der Waals surface area contributed by atoms with E-state index < -0.39 is 0 Å². The quantitative estimate of drug-likeness (QED) is 0.818. The molecule has 1 heterocycles. The Balaban J connectivity index is 1.81. The van der Waals surface area contributed by atoms with Crippen LogP contribution in [0.2, 0.25) is 0 Å². The highest BCUT2D eigenvalue weighted by Gasteiger charge is 2.11. The SMILES string of the molecule is CC(=O)SCC(=O)Nc1nnc(CSc2ccccc2)o1. The number of carbonyl (C=O) groups excluding carboxylic acids is 2. The molecule has 0 saturated carbocycles. The number of carbonyl (C=O) groups is 2. The van der Waals surface area contributed by atoms with Gasteiger partial charge in [-0.15, -0.1) is 16.9 Å². The Kier molecular flexibility index (Phi) is 5.82. The second-order valence-electron chi connectivity index (χ2n) is 3.93. The topological polar surface area (TPSA) is 85.1 Å². The molecule has 1 aromatic heterocycles. The molecule has 21 heavy (non-hydrogen) atoms. The smallest absolute Gasteiger partial charge is 0.322 e. The van der Waals surface area contributed by atoms with Crippen molar-refractivity contribution in [2.45, 2.75) is 17.6 Å². The third kappa shape index (κ3) is 5.60. The number of thioether (sulfide) groups is 2. The Morgan fingerprint density at radius 3 is 2.71 bits per heavy atom. The number of benzene rings is 1. The van der Waals surface area contributed by atoms with E-state index in [4.69, 9.17) is 4.42 Å². The first-order valence-corrected chi connectivity index (χ1v) is 8.04. The first-order chi connectivity index (χ1) is 10.1. The van der Waals surface area contributed by atoms with Gasteiger partial charge < -0.3 is 4.42 Å². The van der Waals surface area contributed by atoms with Gasteiger partial charge in [0, 0.05) is 11.8 Å². The summed E-state index contributed by atoms with van der Waals surface area (Å²) in [6.07, 6.45) is 0. The molecular formula is C13H13N3O3S2. The van der Waals surface area contributed by atoms with Gasteiger partial charge in [0.25, 0.3) is 0 Å². The molecule has 6 nitrogen and oxygen atoms in total. The van der Waals surface area contributed by atoms with Gasteiger partial charge in [-0.3, -0.25) is 14.9 Å². The monoisotopic (exact) mass is 323 g/mol. The van der Waals surface area contributed by atoms with Crippen molar-refractivity contribution in [1.82, 2.24) is 10.2 Å². The molecule has 0 fully saturated rings. The Morgan fingerprint density at radius 1 is 1.24 bits per heavy atom. The number of hydrogen-bond acceptors (Lipinski definition) is 7. The van der Waals surface area contributed by atoms with E-state index in [0.717, 1.165) is 16.7 Å². The molecule has 0 saturated heterocycles. The van der Waals surface area contributed by atoms with Crippen molar-refractivity contribution in [3.63, 3.8) is 0 Å².